The predicted octanol–water partition coefficient (Wildman–Crippen LogP) is 13.4. The predicted molar refractivity (Wildman–Crippen MR) is 209 cm³/mol. The van der Waals surface area contributed by atoms with E-state index < -0.39 is 0 Å². The van der Waals surface area contributed by atoms with Crippen LogP contribution < -0.4 is 16.4 Å². The van der Waals surface area contributed by atoms with E-state index in [0.29, 0.717) is 5.69 Å². The molecule has 0 aliphatic carbocycles. The van der Waals surface area contributed by atoms with E-state index in [0.717, 1.165) is 42.8 Å². The SMILES string of the molecule is Brc1ccc(-c2ccc(Br)cc2)cc1.Fc1ccc(Nc2ccc(-c3ccc(Nc4ccc(F)cc4)cc3)cc2)cc1.Nc1ccc(F)cc1. The Kier molecular flexibility index (Phi) is 12.9. The summed E-state index contributed by atoms with van der Waals surface area (Å²) in [6.45, 7) is 0. The Balaban J connectivity index is 0.000000181. The summed E-state index contributed by atoms with van der Waals surface area (Å²) >= 11 is 6.84. The Hall–Kier alpha value is -5.31. The van der Waals surface area contributed by atoms with Crippen LogP contribution in [0.25, 0.3) is 22.3 Å². The van der Waals surface area contributed by atoms with Gasteiger partial charge in [0, 0.05) is 37.4 Å². The highest BCUT2D eigenvalue weighted by atomic mass is 79.9. The van der Waals surface area contributed by atoms with Crippen molar-refractivity contribution in [2.75, 3.05) is 16.4 Å². The molecule has 0 bridgehead atoms. The number of benzene rings is 7. The normalized spacial score (nSPS) is 10.2. The first kappa shape index (κ1) is 36.0. The molecule has 0 radical (unpaired) electrons. The fraction of sp³-hybridized carbons (Fsp3) is 0. The number of nitrogens with one attached hydrogen (secondary N) is 2. The molecule has 8 heteroatoms. The van der Waals surface area contributed by atoms with Crippen LogP contribution in [0.4, 0.5) is 41.6 Å². The van der Waals surface area contributed by atoms with Gasteiger partial charge in [0.25, 0.3) is 0 Å². The first-order valence-corrected chi connectivity index (χ1v) is 17.1. The van der Waals surface area contributed by atoms with E-state index in [1.807, 2.05) is 48.5 Å². The zero-order valence-electron chi connectivity index (χ0n) is 26.6. The fourth-order valence-corrected chi connectivity index (χ4v) is 5.17. The van der Waals surface area contributed by atoms with Crippen LogP contribution in [0.5, 0.6) is 0 Å². The van der Waals surface area contributed by atoms with Gasteiger partial charge in [-0.15, -0.1) is 0 Å². The average Bonchev–Trinajstić information content (AvgIpc) is 3.14. The molecular weight excluding hydrogens is 763 g/mol. The first-order chi connectivity index (χ1) is 24.2. The summed E-state index contributed by atoms with van der Waals surface area (Å²) in [5, 5.41) is 6.49. The topological polar surface area (TPSA) is 50.1 Å². The minimum atomic E-state index is -0.252. The highest BCUT2D eigenvalue weighted by molar-refractivity contribution is 9.10. The summed E-state index contributed by atoms with van der Waals surface area (Å²) in [7, 11) is 0. The fourth-order valence-electron chi connectivity index (χ4n) is 4.64. The lowest BCUT2D eigenvalue weighted by Gasteiger charge is -2.09. The molecule has 0 aromatic heterocycles. The van der Waals surface area contributed by atoms with Crippen molar-refractivity contribution in [2.24, 2.45) is 0 Å². The van der Waals surface area contributed by atoms with Crippen molar-refractivity contribution in [3.63, 3.8) is 0 Å². The van der Waals surface area contributed by atoms with Crippen molar-refractivity contribution < 1.29 is 13.2 Å². The molecule has 0 atom stereocenters. The summed E-state index contributed by atoms with van der Waals surface area (Å²) in [5.74, 6) is -0.754. The number of nitrogens with two attached hydrogens (primary N) is 1. The van der Waals surface area contributed by atoms with E-state index in [1.165, 1.54) is 59.7 Å². The summed E-state index contributed by atoms with van der Waals surface area (Å²) in [6.07, 6.45) is 0. The van der Waals surface area contributed by atoms with Crippen LogP contribution in [0.2, 0.25) is 0 Å². The number of hydrogen-bond donors (Lipinski definition) is 3. The molecule has 7 aromatic rings. The van der Waals surface area contributed by atoms with Gasteiger partial charge in [-0.3, -0.25) is 0 Å². The molecule has 4 N–H and O–H groups in total. The molecule has 0 saturated heterocycles. The monoisotopic (exact) mass is 793 g/mol. The van der Waals surface area contributed by atoms with Crippen LogP contribution in [0.15, 0.2) is 179 Å². The van der Waals surface area contributed by atoms with Gasteiger partial charge in [0.15, 0.2) is 0 Å². The molecule has 0 amide bonds. The van der Waals surface area contributed by atoms with Crippen LogP contribution in [0.3, 0.4) is 0 Å². The summed E-state index contributed by atoms with van der Waals surface area (Å²) in [4.78, 5) is 0. The van der Waals surface area contributed by atoms with Gasteiger partial charge in [-0.2, -0.15) is 0 Å². The highest BCUT2D eigenvalue weighted by Gasteiger charge is 2.02. The molecular formula is C42H32Br2F3N3. The molecule has 0 heterocycles. The standard InChI is InChI=1S/C24H18F2N2.C12H8Br2.C6H6FN/c25-19-5-13-23(14-6-19)27-21-9-1-17(2-10-21)18-3-11-22(12-4-18)28-24-15-7-20(26)8-16-24;13-11-5-1-9(2-6-11)10-3-7-12(14)8-4-10;7-5-1-3-6(8)4-2-5/h1-16,27-28H;1-8H;1-4H,8H2. The van der Waals surface area contributed by atoms with Crippen LogP contribution >= 0.6 is 31.9 Å². The summed E-state index contributed by atoms with van der Waals surface area (Å²) < 4.78 is 40.2. The smallest absolute Gasteiger partial charge is 0.123 e. The summed E-state index contributed by atoms with van der Waals surface area (Å²) in [6, 6.07) is 51.0. The highest BCUT2D eigenvalue weighted by Crippen LogP contribution is 2.26. The molecule has 0 saturated carbocycles. The maximum atomic E-state index is 13.0. The van der Waals surface area contributed by atoms with Crippen molar-refractivity contribution in [3.05, 3.63) is 196 Å². The van der Waals surface area contributed by atoms with E-state index in [4.69, 9.17) is 5.73 Å². The van der Waals surface area contributed by atoms with Crippen LogP contribution in [0.1, 0.15) is 0 Å². The molecule has 0 fully saturated rings. The molecule has 7 aromatic carbocycles. The lowest BCUT2D eigenvalue weighted by molar-refractivity contribution is 0.627. The second kappa shape index (κ2) is 17.9. The number of rotatable bonds is 6. The van der Waals surface area contributed by atoms with E-state index in [-0.39, 0.29) is 17.5 Å². The maximum absolute atomic E-state index is 13.0. The Morgan fingerprint density at radius 1 is 0.320 bits per heavy atom. The zero-order chi connectivity index (χ0) is 35.3. The molecule has 0 aliphatic heterocycles. The van der Waals surface area contributed by atoms with Gasteiger partial charge in [-0.1, -0.05) is 80.4 Å². The maximum Gasteiger partial charge on any atom is 0.123 e. The molecule has 0 aliphatic rings. The first-order valence-electron chi connectivity index (χ1n) is 15.5. The van der Waals surface area contributed by atoms with Crippen molar-refractivity contribution in [3.8, 4) is 22.3 Å². The van der Waals surface area contributed by atoms with Gasteiger partial charge >= 0.3 is 0 Å². The molecule has 250 valence electrons. The Morgan fingerprint density at radius 2 is 0.540 bits per heavy atom. The van der Waals surface area contributed by atoms with E-state index in [9.17, 15) is 13.2 Å². The van der Waals surface area contributed by atoms with Crippen molar-refractivity contribution in [1.82, 2.24) is 0 Å². The number of nitrogen functional groups attached to an aromatic ring is 1. The van der Waals surface area contributed by atoms with E-state index in [1.54, 1.807) is 24.3 Å². The van der Waals surface area contributed by atoms with Crippen molar-refractivity contribution in [1.29, 1.82) is 0 Å². The van der Waals surface area contributed by atoms with Crippen LogP contribution in [0, 0.1) is 17.5 Å². The minimum absolute atomic E-state index is 0.251. The number of hydrogen-bond acceptors (Lipinski definition) is 3. The van der Waals surface area contributed by atoms with Gasteiger partial charge in [-0.25, -0.2) is 13.2 Å². The lowest BCUT2D eigenvalue weighted by atomic mass is 10.0. The molecule has 3 nitrogen and oxygen atoms in total. The second-order valence-corrected chi connectivity index (χ2v) is 12.8. The Morgan fingerprint density at radius 3 is 0.800 bits per heavy atom. The van der Waals surface area contributed by atoms with Crippen molar-refractivity contribution >= 4 is 60.3 Å². The second-order valence-electron chi connectivity index (χ2n) is 11.0. The van der Waals surface area contributed by atoms with Gasteiger partial charge in [0.1, 0.15) is 17.5 Å². The molecule has 50 heavy (non-hydrogen) atoms. The Bertz CT molecular complexity index is 1900. The third-order valence-corrected chi connectivity index (χ3v) is 8.32. The third-order valence-electron chi connectivity index (χ3n) is 7.26. The summed E-state index contributed by atoms with van der Waals surface area (Å²) in [5.41, 5.74) is 14.1. The van der Waals surface area contributed by atoms with Gasteiger partial charge in [-0.05, 0) is 144 Å². The zero-order valence-corrected chi connectivity index (χ0v) is 29.8. The number of halogens is 5. The van der Waals surface area contributed by atoms with Gasteiger partial charge in [0.2, 0.25) is 0 Å². The van der Waals surface area contributed by atoms with Gasteiger partial charge in [0.05, 0.1) is 0 Å². The van der Waals surface area contributed by atoms with Crippen molar-refractivity contribution in [2.45, 2.75) is 0 Å². The quantitative estimate of drug-likeness (QED) is 0.147. The van der Waals surface area contributed by atoms with Gasteiger partial charge < -0.3 is 16.4 Å². The van der Waals surface area contributed by atoms with E-state index in [2.05, 4.69) is 91.0 Å². The molecule has 0 spiro atoms. The minimum Gasteiger partial charge on any atom is -0.399 e. The lowest BCUT2D eigenvalue weighted by Crippen LogP contribution is -1.91. The van der Waals surface area contributed by atoms with E-state index >= 15 is 0 Å². The Labute approximate surface area is 306 Å². The molecule has 7 rings (SSSR count). The third kappa shape index (κ3) is 11.4. The molecule has 0 unspecified atom stereocenters. The van der Waals surface area contributed by atoms with Crippen LogP contribution in [-0.4, -0.2) is 0 Å². The average molecular weight is 796 g/mol. The largest absolute Gasteiger partial charge is 0.399 e. The number of anilines is 5. The van der Waals surface area contributed by atoms with Crippen LogP contribution in [-0.2, 0) is 0 Å².